The Bertz CT molecular complexity index is 1150. The number of hydrogen-bond acceptors (Lipinski definition) is 5. The van der Waals surface area contributed by atoms with Crippen LogP contribution in [0.5, 0.6) is 0 Å². The van der Waals surface area contributed by atoms with Gasteiger partial charge in [-0.1, -0.05) is 48.0 Å². The Hall–Kier alpha value is -3.12. The molecule has 1 aliphatic rings. The zero-order valence-electron chi connectivity index (χ0n) is 15.1. The maximum absolute atomic E-state index is 6.50. The van der Waals surface area contributed by atoms with Gasteiger partial charge in [0.15, 0.2) is 5.65 Å². The van der Waals surface area contributed by atoms with Gasteiger partial charge in [0.25, 0.3) is 0 Å². The van der Waals surface area contributed by atoms with Crippen LogP contribution in [0.15, 0.2) is 54.6 Å². The molecule has 0 atom stereocenters. The monoisotopic (exact) mass is 390 g/mol. The Morgan fingerprint density at radius 1 is 1.04 bits per heavy atom. The van der Waals surface area contributed by atoms with Crippen molar-refractivity contribution in [2.75, 3.05) is 17.6 Å². The lowest BCUT2D eigenvalue weighted by molar-refractivity contribution is 0.872. The van der Waals surface area contributed by atoms with Crippen LogP contribution in [0.4, 0.5) is 11.8 Å². The second kappa shape index (κ2) is 6.80. The van der Waals surface area contributed by atoms with Crippen LogP contribution >= 0.6 is 11.6 Å². The Morgan fingerprint density at radius 2 is 1.79 bits per heavy atom. The van der Waals surface area contributed by atoms with Gasteiger partial charge in [0.05, 0.1) is 16.8 Å². The summed E-state index contributed by atoms with van der Waals surface area (Å²) in [6.07, 6.45) is 2.50. The minimum atomic E-state index is 0.491. The average molecular weight is 391 g/mol. The number of aromatic nitrogens is 4. The van der Waals surface area contributed by atoms with Crippen molar-refractivity contribution in [2.24, 2.45) is 5.92 Å². The molecule has 0 saturated heterocycles. The lowest BCUT2D eigenvalue weighted by Crippen LogP contribution is -2.08. The molecule has 0 aliphatic heterocycles. The van der Waals surface area contributed by atoms with E-state index >= 15 is 0 Å². The Morgan fingerprint density at radius 3 is 2.54 bits per heavy atom. The second-order valence-corrected chi connectivity index (χ2v) is 7.44. The zero-order valence-corrected chi connectivity index (χ0v) is 15.9. The predicted octanol–water partition coefficient (Wildman–Crippen LogP) is 4.54. The fourth-order valence-electron chi connectivity index (χ4n) is 3.26. The third kappa shape index (κ3) is 3.05. The second-order valence-electron chi connectivity index (χ2n) is 7.03. The molecule has 0 radical (unpaired) electrons. The number of anilines is 2. The van der Waals surface area contributed by atoms with Crippen LogP contribution in [0.3, 0.4) is 0 Å². The molecular formula is C21H19ClN6. The summed E-state index contributed by atoms with van der Waals surface area (Å²) in [6.45, 7) is 0.863. The maximum Gasteiger partial charge on any atom is 0.225 e. The SMILES string of the molecule is Nc1c2c(-c3ccccc3Cl)nc(NCC3CC3)nc2nn1-c1ccccc1. The van der Waals surface area contributed by atoms with Crippen LogP contribution in [0, 0.1) is 5.92 Å². The fourth-order valence-corrected chi connectivity index (χ4v) is 3.49. The molecule has 0 unspecified atom stereocenters. The summed E-state index contributed by atoms with van der Waals surface area (Å²) in [4.78, 5) is 9.38. The standard InChI is InChI=1S/C21H19ClN6/c22-16-9-5-4-8-15(16)18-17-19(23)28(14-6-2-1-3-7-14)27-20(17)26-21(25-18)24-12-13-10-11-13/h1-9,13H,10-12,23H2,(H,24,26,27). The molecular weight excluding hydrogens is 372 g/mol. The van der Waals surface area contributed by atoms with E-state index in [9.17, 15) is 0 Å². The van der Waals surface area contributed by atoms with E-state index in [1.165, 1.54) is 12.8 Å². The summed E-state index contributed by atoms with van der Waals surface area (Å²) in [5, 5.41) is 9.32. The van der Waals surface area contributed by atoms with Crippen molar-refractivity contribution in [3.63, 3.8) is 0 Å². The van der Waals surface area contributed by atoms with Crippen molar-refractivity contribution in [2.45, 2.75) is 12.8 Å². The van der Waals surface area contributed by atoms with Gasteiger partial charge < -0.3 is 11.1 Å². The van der Waals surface area contributed by atoms with Crippen LogP contribution in [-0.4, -0.2) is 26.3 Å². The highest BCUT2D eigenvalue weighted by Crippen LogP contribution is 2.36. The van der Waals surface area contributed by atoms with Crippen molar-refractivity contribution in [1.29, 1.82) is 0 Å². The lowest BCUT2D eigenvalue weighted by Gasteiger charge is -2.09. The molecule has 6 nitrogen and oxygen atoms in total. The van der Waals surface area contributed by atoms with Crippen molar-refractivity contribution >= 4 is 34.4 Å². The normalized spacial score (nSPS) is 13.8. The van der Waals surface area contributed by atoms with Crippen LogP contribution in [0.1, 0.15) is 12.8 Å². The Labute approximate surface area is 167 Å². The molecule has 7 heteroatoms. The Balaban J connectivity index is 1.72. The third-order valence-electron chi connectivity index (χ3n) is 4.94. The molecule has 28 heavy (non-hydrogen) atoms. The first-order valence-corrected chi connectivity index (χ1v) is 9.69. The highest BCUT2D eigenvalue weighted by Gasteiger charge is 2.23. The third-order valence-corrected chi connectivity index (χ3v) is 5.27. The summed E-state index contributed by atoms with van der Waals surface area (Å²) in [5.74, 6) is 1.74. The first-order valence-electron chi connectivity index (χ1n) is 9.31. The fraction of sp³-hybridized carbons (Fsp3) is 0.190. The summed E-state index contributed by atoms with van der Waals surface area (Å²) in [5.41, 5.74) is 9.41. The quantitative estimate of drug-likeness (QED) is 0.522. The van der Waals surface area contributed by atoms with Gasteiger partial charge in [-0.05, 0) is 37.0 Å². The summed E-state index contributed by atoms with van der Waals surface area (Å²) in [7, 11) is 0. The number of nitrogen functional groups attached to an aromatic ring is 1. The molecule has 3 N–H and O–H groups in total. The van der Waals surface area contributed by atoms with Crippen LogP contribution in [0.2, 0.25) is 5.02 Å². The molecule has 2 heterocycles. The number of nitrogens with one attached hydrogen (secondary N) is 1. The molecule has 0 spiro atoms. The van der Waals surface area contributed by atoms with Crippen LogP contribution in [-0.2, 0) is 0 Å². The topological polar surface area (TPSA) is 81.7 Å². The summed E-state index contributed by atoms with van der Waals surface area (Å²) >= 11 is 6.48. The molecule has 2 aromatic carbocycles. The van der Waals surface area contributed by atoms with E-state index in [1.807, 2.05) is 54.6 Å². The number of para-hydroxylation sites is 1. The molecule has 5 rings (SSSR count). The van der Waals surface area contributed by atoms with E-state index in [2.05, 4.69) is 15.4 Å². The van der Waals surface area contributed by atoms with Crippen molar-refractivity contribution in [1.82, 2.24) is 19.7 Å². The number of benzene rings is 2. The van der Waals surface area contributed by atoms with E-state index in [-0.39, 0.29) is 0 Å². The van der Waals surface area contributed by atoms with Gasteiger partial charge >= 0.3 is 0 Å². The molecule has 140 valence electrons. The van der Waals surface area contributed by atoms with Gasteiger partial charge in [-0.15, -0.1) is 5.10 Å². The first kappa shape index (κ1) is 17.0. The highest BCUT2D eigenvalue weighted by atomic mass is 35.5. The van der Waals surface area contributed by atoms with Gasteiger partial charge in [0, 0.05) is 17.1 Å². The van der Waals surface area contributed by atoms with Gasteiger partial charge in [-0.2, -0.15) is 4.98 Å². The molecule has 0 bridgehead atoms. The smallest absolute Gasteiger partial charge is 0.225 e. The molecule has 4 aromatic rings. The highest BCUT2D eigenvalue weighted by molar-refractivity contribution is 6.33. The van der Waals surface area contributed by atoms with Crippen LogP contribution in [0.25, 0.3) is 28.0 Å². The van der Waals surface area contributed by atoms with Gasteiger partial charge in [-0.25, -0.2) is 9.67 Å². The minimum Gasteiger partial charge on any atom is -0.383 e. The van der Waals surface area contributed by atoms with E-state index < -0.39 is 0 Å². The van der Waals surface area contributed by atoms with E-state index in [1.54, 1.807) is 4.68 Å². The lowest BCUT2D eigenvalue weighted by atomic mass is 10.1. The average Bonchev–Trinajstić information content (AvgIpc) is 3.49. The number of nitrogens with two attached hydrogens (primary N) is 1. The molecule has 1 saturated carbocycles. The number of rotatable bonds is 5. The zero-order chi connectivity index (χ0) is 19.1. The number of halogens is 1. The van der Waals surface area contributed by atoms with E-state index in [4.69, 9.17) is 22.3 Å². The van der Waals surface area contributed by atoms with Gasteiger partial charge in [-0.3, -0.25) is 0 Å². The summed E-state index contributed by atoms with van der Waals surface area (Å²) in [6, 6.07) is 17.4. The minimum absolute atomic E-state index is 0.491. The Kier molecular flexibility index (Phi) is 4.13. The predicted molar refractivity (Wildman–Crippen MR) is 113 cm³/mol. The van der Waals surface area contributed by atoms with Crippen molar-refractivity contribution < 1.29 is 0 Å². The molecule has 1 aliphatic carbocycles. The van der Waals surface area contributed by atoms with Gasteiger partial charge in [0.2, 0.25) is 5.95 Å². The molecule has 1 fully saturated rings. The van der Waals surface area contributed by atoms with Crippen LogP contribution < -0.4 is 11.1 Å². The van der Waals surface area contributed by atoms with E-state index in [0.29, 0.717) is 39.4 Å². The number of fused-ring (bicyclic) bond motifs is 1. The summed E-state index contributed by atoms with van der Waals surface area (Å²) < 4.78 is 1.70. The van der Waals surface area contributed by atoms with Gasteiger partial charge in [0.1, 0.15) is 5.82 Å². The number of hydrogen-bond donors (Lipinski definition) is 2. The number of nitrogens with zero attached hydrogens (tertiary/aromatic N) is 4. The maximum atomic E-state index is 6.50. The van der Waals surface area contributed by atoms with E-state index in [0.717, 1.165) is 17.8 Å². The first-order chi connectivity index (χ1) is 13.7. The largest absolute Gasteiger partial charge is 0.383 e. The van der Waals surface area contributed by atoms with Crippen molar-refractivity contribution in [3.05, 3.63) is 59.6 Å². The molecule has 2 aromatic heterocycles. The van der Waals surface area contributed by atoms with Crippen molar-refractivity contribution in [3.8, 4) is 16.9 Å². The molecule has 0 amide bonds.